The minimum Gasteiger partial charge on any atom is -0.494 e. The molecular formula is C23H30ClN3O. The molecule has 0 aliphatic rings. The zero-order valence-corrected chi connectivity index (χ0v) is 18.4. The number of imidazole rings is 1. The maximum atomic E-state index is 6.29. The Balaban J connectivity index is 2.08. The first kappa shape index (κ1) is 20.5. The van der Waals surface area contributed by atoms with Crippen LogP contribution in [0, 0.1) is 5.41 Å². The van der Waals surface area contributed by atoms with Crippen LogP contribution in [0.1, 0.15) is 48.0 Å². The van der Waals surface area contributed by atoms with Crippen LogP contribution in [0.25, 0.3) is 16.9 Å². The van der Waals surface area contributed by atoms with Gasteiger partial charge in [-0.2, -0.15) is 0 Å². The van der Waals surface area contributed by atoms with Gasteiger partial charge in [-0.05, 0) is 69.0 Å². The van der Waals surface area contributed by atoms with E-state index in [4.69, 9.17) is 21.3 Å². The molecule has 0 atom stereocenters. The molecule has 0 spiro atoms. The molecule has 0 amide bonds. The summed E-state index contributed by atoms with van der Waals surface area (Å²) in [6.45, 7) is 13.9. The van der Waals surface area contributed by atoms with Gasteiger partial charge in [0.25, 0.3) is 0 Å². The van der Waals surface area contributed by atoms with E-state index in [2.05, 4.69) is 52.1 Å². The number of rotatable bonds is 6. The molecule has 1 N–H and O–H groups in total. The molecule has 0 bridgehead atoms. The minimum absolute atomic E-state index is 0.115. The summed E-state index contributed by atoms with van der Waals surface area (Å²) in [5, 5.41) is 4.42. The minimum atomic E-state index is -0.115. The third-order valence-electron chi connectivity index (χ3n) is 4.45. The topological polar surface area (TPSA) is 38.6 Å². The summed E-state index contributed by atoms with van der Waals surface area (Å²) in [7, 11) is 0. The molecule has 2 heterocycles. The highest BCUT2D eigenvalue weighted by Crippen LogP contribution is 2.35. The van der Waals surface area contributed by atoms with Crippen LogP contribution in [-0.4, -0.2) is 21.5 Å². The van der Waals surface area contributed by atoms with E-state index in [9.17, 15) is 0 Å². The Morgan fingerprint density at radius 2 is 1.71 bits per heavy atom. The van der Waals surface area contributed by atoms with Crippen LogP contribution in [0.3, 0.4) is 0 Å². The van der Waals surface area contributed by atoms with Gasteiger partial charge in [-0.3, -0.25) is 4.40 Å². The van der Waals surface area contributed by atoms with Crippen LogP contribution in [0.4, 0.5) is 5.82 Å². The van der Waals surface area contributed by atoms with E-state index in [0.29, 0.717) is 11.6 Å². The van der Waals surface area contributed by atoms with Gasteiger partial charge in [-0.1, -0.05) is 32.4 Å². The molecule has 0 saturated carbocycles. The summed E-state index contributed by atoms with van der Waals surface area (Å²) in [6, 6.07) is 11.9. The average molecular weight is 400 g/mol. The molecule has 0 aliphatic carbocycles. The first-order chi connectivity index (χ1) is 13.1. The van der Waals surface area contributed by atoms with Gasteiger partial charge in [0.05, 0.1) is 11.6 Å². The predicted octanol–water partition coefficient (Wildman–Crippen LogP) is 6.68. The first-order valence-electron chi connectivity index (χ1n) is 9.77. The maximum absolute atomic E-state index is 6.29. The van der Waals surface area contributed by atoms with Crippen LogP contribution in [0.5, 0.6) is 5.75 Å². The summed E-state index contributed by atoms with van der Waals surface area (Å²) in [4.78, 5) is 4.88. The average Bonchev–Trinajstić information content (AvgIpc) is 2.91. The molecule has 4 nitrogen and oxygen atoms in total. The Morgan fingerprint density at radius 3 is 2.32 bits per heavy atom. The summed E-state index contributed by atoms with van der Waals surface area (Å²) >= 11 is 6.29. The number of nitrogens with zero attached hydrogens (tertiary/aromatic N) is 2. The molecule has 0 unspecified atom stereocenters. The summed E-state index contributed by atoms with van der Waals surface area (Å²) in [5.41, 5.74) is 2.90. The zero-order chi connectivity index (χ0) is 20.5. The van der Waals surface area contributed by atoms with E-state index < -0.39 is 0 Å². The molecule has 0 saturated heterocycles. The van der Waals surface area contributed by atoms with Crippen molar-refractivity contribution >= 4 is 23.1 Å². The normalized spacial score (nSPS) is 12.4. The van der Waals surface area contributed by atoms with Crippen LogP contribution in [0.15, 0.2) is 42.6 Å². The molecule has 2 aromatic heterocycles. The lowest BCUT2D eigenvalue weighted by Gasteiger charge is -2.34. The second-order valence-electron chi connectivity index (χ2n) is 9.09. The highest BCUT2D eigenvalue weighted by Gasteiger charge is 2.28. The van der Waals surface area contributed by atoms with Gasteiger partial charge in [-0.15, -0.1) is 0 Å². The lowest BCUT2D eigenvalue weighted by molar-refractivity contribution is 0.302. The van der Waals surface area contributed by atoms with E-state index in [1.54, 1.807) is 0 Å². The standard InChI is InChI=1S/C23H30ClN3O/c1-7-28-18-11-8-16(9-12-18)20-21(26-23(5,6)15-22(2,3)4)27-14-17(24)10-13-19(27)25-20/h8-14,26H,7,15H2,1-6H3. The molecule has 5 heteroatoms. The number of hydrogen-bond acceptors (Lipinski definition) is 3. The molecule has 0 aliphatic heterocycles. The Morgan fingerprint density at radius 1 is 1.04 bits per heavy atom. The smallest absolute Gasteiger partial charge is 0.139 e. The van der Waals surface area contributed by atoms with E-state index in [1.807, 2.05) is 41.8 Å². The predicted molar refractivity (Wildman–Crippen MR) is 119 cm³/mol. The number of fused-ring (bicyclic) bond motifs is 1. The number of halogens is 1. The van der Waals surface area contributed by atoms with Crippen molar-refractivity contribution in [2.45, 2.75) is 53.5 Å². The zero-order valence-electron chi connectivity index (χ0n) is 17.6. The number of ether oxygens (including phenoxy) is 1. The third kappa shape index (κ3) is 4.79. The van der Waals surface area contributed by atoms with Gasteiger partial charge in [0.2, 0.25) is 0 Å². The SMILES string of the molecule is CCOc1ccc(-c2nc3ccc(Cl)cn3c2NC(C)(C)CC(C)(C)C)cc1. The monoisotopic (exact) mass is 399 g/mol. The second-order valence-corrected chi connectivity index (χ2v) is 9.52. The molecule has 3 aromatic rings. The number of aromatic nitrogens is 2. The lowest BCUT2D eigenvalue weighted by Crippen LogP contribution is -2.36. The van der Waals surface area contributed by atoms with Crippen molar-refractivity contribution in [3.05, 3.63) is 47.6 Å². The summed E-state index contributed by atoms with van der Waals surface area (Å²) in [5.74, 6) is 1.82. The van der Waals surface area contributed by atoms with Gasteiger partial charge in [0.15, 0.2) is 0 Å². The number of benzene rings is 1. The van der Waals surface area contributed by atoms with Crippen molar-refractivity contribution in [1.82, 2.24) is 9.38 Å². The highest BCUT2D eigenvalue weighted by molar-refractivity contribution is 6.30. The summed E-state index contributed by atoms with van der Waals surface area (Å²) in [6.07, 6.45) is 2.92. The quantitative estimate of drug-likeness (QED) is 0.502. The van der Waals surface area contributed by atoms with Crippen molar-refractivity contribution in [3.63, 3.8) is 0 Å². The molecule has 0 radical (unpaired) electrons. The largest absolute Gasteiger partial charge is 0.494 e. The van der Waals surface area contributed by atoms with Crippen molar-refractivity contribution < 1.29 is 4.74 Å². The first-order valence-corrected chi connectivity index (χ1v) is 10.1. The van der Waals surface area contributed by atoms with E-state index in [1.165, 1.54) is 0 Å². The lowest BCUT2D eigenvalue weighted by atomic mass is 9.82. The van der Waals surface area contributed by atoms with Crippen LogP contribution < -0.4 is 10.1 Å². The van der Waals surface area contributed by atoms with Crippen molar-refractivity contribution in [1.29, 1.82) is 0 Å². The molecule has 150 valence electrons. The molecule has 28 heavy (non-hydrogen) atoms. The number of nitrogens with one attached hydrogen (secondary N) is 1. The summed E-state index contributed by atoms with van der Waals surface area (Å²) < 4.78 is 7.62. The van der Waals surface area contributed by atoms with Gasteiger partial charge in [-0.25, -0.2) is 4.98 Å². The Labute approximate surface area is 172 Å². The van der Waals surface area contributed by atoms with Crippen LogP contribution >= 0.6 is 11.6 Å². The molecule has 1 aromatic carbocycles. The van der Waals surface area contributed by atoms with Crippen molar-refractivity contribution in [2.24, 2.45) is 5.41 Å². The van der Waals surface area contributed by atoms with Crippen molar-refractivity contribution in [3.8, 4) is 17.0 Å². The Kier molecular flexibility index (Phi) is 5.62. The van der Waals surface area contributed by atoms with Gasteiger partial charge >= 0.3 is 0 Å². The van der Waals surface area contributed by atoms with Gasteiger partial charge in [0.1, 0.15) is 22.9 Å². The van der Waals surface area contributed by atoms with E-state index in [0.717, 1.165) is 34.9 Å². The number of pyridine rings is 1. The Bertz CT molecular complexity index is 952. The second kappa shape index (κ2) is 7.67. The molecule has 3 rings (SSSR count). The van der Waals surface area contributed by atoms with E-state index >= 15 is 0 Å². The maximum Gasteiger partial charge on any atom is 0.139 e. The number of hydrogen-bond donors (Lipinski definition) is 1. The van der Waals surface area contributed by atoms with Gasteiger partial charge < -0.3 is 10.1 Å². The number of anilines is 1. The fourth-order valence-corrected chi connectivity index (χ4v) is 4.07. The van der Waals surface area contributed by atoms with Gasteiger partial charge in [0, 0.05) is 17.3 Å². The third-order valence-corrected chi connectivity index (χ3v) is 4.67. The fraction of sp³-hybridized carbons (Fsp3) is 0.435. The van der Waals surface area contributed by atoms with Crippen LogP contribution in [-0.2, 0) is 0 Å². The Hall–Kier alpha value is -2.20. The fourth-order valence-electron chi connectivity index (χ4n) is 3.91. The van der Waals surface area contributed by atoms with E-state index in [-0.39, 0.29) is 11.0 Å². The van der Waals surface area contributed by atoms with Crippen LogP contribution in [0.2, 0.25) is 5.02 Å². The van der Waals surface area contributed by atoms with Crippen molar-refractivity contribution in [2.75, 3.05) is 11.9 Å². The molecule has 0 fully saturated rings. The molecular weight excluding hydrogens is 370 g/mol. The highest BCUT2D eigenvalue weighted by atomic mass is 35.5.